The predicted molar refractivity (Wildman–Crippen MR) is 74.4 cm³/mol. The van der Waals surface area contributed by atoms with Crippen molar-refractivity contribution in [1.29, 1.82) is 0 Å². The van der Waals surface area contributed by atoms with Crippen LogP contribution in [-0.2, 0) is 4.79 Å². The summed E-state index contributed by atoms with van der Waals surface area (Å²) in [5.74, 6) is 1.09. The van der Waals surface area contributed by atoms with E-state index < -0.39 is 0 Å². The number of aliphatic hydroxyl groups excluding tert-OH is 1. The highest BCUT2D eigenvalue weighted by Crippen LogP contribution is 2.27. The van der Waals surface area contributed by atoms with Gasteiger partial charge in [0.1, 0.15) is 0 Å². The van der Waals surface area contributed by atoms with Crippen LogP contribution >= 0.6 is 0 Å². The molecule has 0 bridgehead atoms. The Morgan fingerprint density at radius 2 is 1.94 bits per heavy atom. The van der Waals surface area contributed by atoms with Crippen LogP contribution in [0.15, 0.2) is 0 Å². The van der Waals surface area contributed by atoms with Gasteiger partial charge in [-0.2, -0.15) is 0 Å². The molecule has 3 nitrogen and oxygen atoms in total. The molecule has 0 heterocycles. The molecule has 1 amide bonds. The van der Waals surface area contributed by atoms with Crippen LogP contribution in [0.4, 0.5) is 0 Å². The van der Waals surface area contributed by atoms with Crippen LogP contribution in [0.3, 0.4) is 0 Å². The lowest BCUT2D eigenvalue weighted by Gasteiger charge is -2.23. The SMILES string of the molecule is CCCN(CCO)C(=O)CCCC1CCCCC1. The predicted octanol–water partition coefficient (Wildman–Crippen LogP) is 2.97. The van der Waals surface area contributed by atoms with E-state index >= 15 is 0 Å². The lowest BCUT2D eigenvalue weighted by atomic mass is 9.86. The molecule has 1 aliphatic carbocycles. The summed E-state index contributed by atoms with van der Waals surface area (Å²) < 4.78 is 0. The first kappa shape index (κ1) is 15.5. The van der Waals surface area contributed by atoms with Crippen LogP contribution in [0.5, 0.6) is 0 Å². The van der Waals surface area contributed by atoms with Crippen LogP contribution in [0.25, 0.3) is 0 Å². The summed E-state index contributed by atoms with van der Waals surface area (Å²) in [6.07, 6.45) is 10.8. The number of carbonyl (C=O) groups is 1. The lowest BCUT2D eigenvalue weighted by Crippen LogP contribution is -2.34. The molecule has 0 aromatic rings. The standard InChI is InChI=1S/C15H29NO2/c1-2-11-16(12-13-17)15(18)10-6-9-14-7-4-3-5-8-14/h14,17H,2-13H2,1H3. The van der Waals surface area contributed by atoms with Gasteiger partial charge in [0.2, 0.25) is 5.91 Å². The van der Waals surface area contributed by atoms with Crippen LogP contribution < -0.4 is 0 Å². The smallest absolute Gasteiger partial charge is 0.222 e. The monoisotopic (exact) mass is 255 g/mol. The Balaban J connectivity index is 2.17. The van der Waals surface area contributed by atoms with Crippen LogP contribution in [-0.4, -0.2) is 35.6 Å². The number of aliphatic hydroxyl groups is 1. The number of hydrogen-bond acceptors (Lipinski definition) is 2. The third-order valence-electron chi connectivity index (χ3n) is 3.94. The Kier molecular flexibility index (Phi) is 8.06. The first-order chi connectivity index (χ1) is 8.77. The van der Waals surface area contributed by atoms with Gasteiger partial charge < -0.3 is 10.0 Å². The molecule has 0 unspecified atom stereocenters. The van der Waals surface area contributed by atoms with Gasteiger partial charge in [-0.25, -0.2) is 0 Å². The van der Waals surface area contributed by atoms with Crippen LogP contribution in [0, 0.1) is 5.92 Å². The maximum atomic E-state index is 12.0. The van der Waals surface area contributed by atoms with E-state index in [1.165, 1.54) is 38.5 Å². The van der Waals surface area contributed by atoms with Gasteiger partial charge in [0.05, 0.1) is 6.61 Å². The second-order valence-corrected chi connectivity index (χ2v) is 5.50. The van der Waals surface area contributed by atoms with Gasteiger partial charge in [-0.1, -0.05) is 39.0 Å². The molecule has 1 aliphatic rings. The van der Waals surface area contributed by atoms with E-state index in [0.29, 0.717) is 13.0 Å². The Morgan fingerprint density at radius 3 is 2.56 bits per heavy atom. The molecular formula is C15H29NO2. The molecule has 3 heteroatoms. The molecule has 18 heavy (non-hydrogen) atoms. The molecule has 1 rings (SSSR count). The summed E-state index contributed by atoms with van der Waals surface area (Å²) in [5.41, 5.74) is 0. The Hall–Kier alpha value is -0.570. The zero-order valence-electron chi connectivity index (χ0n) is 11.9. The second kappa shape index (κ2) is 9.37. The van der Waals surface area contributed by atoms with E-state index in [9.17, 15) is 4.79 Å². The van der Waals surface area contributed by atoms with Crippen molar-refractivity contribution >= 4 is 5.91 Å². The van der Waals surface area contributed by atoms with Gasteiger partial charge in [-0.15, -0.1) is 0 Å². The number of amides is 1. The van der Waals surface area contributed by atoms with Crippen molar-refractivity contribution in [1.82, 2.24) is 4.90 Å². The molecule has 0 spiro atoms. The summed E-state index contributed by atoms with van der Waals surface area (Å²) in [5, 5.41) is 8.95. The Labute approximate surface area is 112 Å². The molecule has 0 aromatic heterocycles. The van der Waals surface area contributed by atoms with Crippen molar-refractivity contribution < 1.29 is 9.90 Å². The Bertz CT molecular complexity index is 219. The average Bonchev–Trinajstić information content (AvgIpc) is 2.39. The third kappa shape index (κ3) is 5.85. The van der Waals surface area contributed by atoms with E-state index in [1.807, 2.05) is 0 Å². The summed E-state index contributed by atoms with van der Waals surface area (Å²) in [7, 11) is 0. The van der Waals surface area contributed by atoms with Crippen molar-refractivity contribution in [3.05, 3.63) is 0 Å². The molecule has 0 atom stereocenters. The fourth-order valence-corrected chi connectivity index (χ4v) is 2.93. The van der Waals surface area contributed by atoms with Crippen molar-refractivity contribution in [2.45, 2.75) is 64.7 Å². The maximum absolute atomic E-state index is 12.0. The normalized spacial score (nSPS) is 16.8. The van der Waals surface area contributed by atoms with Gasteiger partial charge in [0, 0.05) is 19.5 Å². The number of rotatable bonds is 8. The van der Waals surface area contributed by atoms with Crippen molar-refractivity contribution in [2.75, 3.05) is 19.7 Å². The first-order valence-corrected chi connectivity index (χ1v) is 7.66. The van der Waals surface area contributed by atoms with Crippen molar-refractivity contribution in [3.63, 3.8) is 0 Å². The van der Waals surface area contributed by atoms with Gasteiger partial charge in [-0.3, -0.25) is 4.79 Å². The van der Waals surface area contributed by atoms with E-state index in [4.69, 9.17) is 5.11 Å². The zero-order chi connectivity index (χ0) is 13.2. The fraction of sp³-hybridized carbons (Fsp3) is 0.933. The van der Waals surface area contributed by atoms with Crippen LogP contribution in [0.2, 0.25) is 0 Å². The molecule has 1 N–H and O–H groups in total. The largest absolute Gasteiger partial charge is 0.395 e. The summed E-state index contributed by atoms with van der Waals surface area (Å²) in [6.45, 7) is 3.42. The first-order valence-electron chi connectivity index (χ1n) is 7.66. The van der Waals surface area contributed by atoms with E-state index in [1.54, 1.807) is 4.90 Å². The molecule has 0 aliphatic heterocycles. The third-order valence-corrected chi connectivity index (χ3v) is 3.94. The highest BCUT2D eigenvalue weighted by Gasteiger charge is 2.15. The van der Waals surface area contributed by atoms with E-state index in [2.05, 4.69) is 6.92 Å². The summed E-state index contributed by atoms with van der Waals surface area (Å²) in [4.78, 5) is 13.8. The van der Waals surface area contributed by atoms with Gasteiger partial charge >= 0.3 is 0 Å². The zero-order valence-corrected chi connectivity index (χ0v) is 11.9. The topological polar surface area (TPSA) is 40.5 Å². The molecule has 0 saturated heterocycles. The molecular weight excluding hydrogens is 226 g/mol. The summed E-state index contributed by atoms with van der Waals surface area (Å²) >= 11 is 0. The highest BCUT2D eigenvalue weighted by molar-refractivity contribution is 5.76. The Morgan fingerprint density at radius 1 is 1.22 bits per heavy atom. The summed E-state index contributed by atoms with van der Waals surface area (Å²) in [6, 6.07) is 0. The maximum Gasteiger partial charge on any atom is 0.222 e. The van der Waals surface area contributed by atoms with Gasteiger partial charge in [0.15, 0.2) is 0 Å². The average molecular weight is 255 g/mol. The highest BCUT2D eigenvalue weighted by atomic mass is 16.3. The van der Waals surface area contributed by atoms with Crippen LogP contribution in [0.1, 0.15) is 64.7 Å². The minimum Gasteiger partial charge on any atom is -0.395 e. The minimum absolute atomic E-state index is 0.0777. The quantitative estimate of drug-likeness (QED) is 0.724. The van der Waals surface area contributed by atoms with E-state index in [0.717, 1.165) is 25.3 Å². The number of hydrogen-bond donors (Lipinski definition) is 1. The van der Waals surface area contributed by atoms with Crippen molar-refractivity contribution in [3.8, 4) is 0 Å². The molecule has 106 valence electrons. The molecule has 0 radical (unpaired) electrons. The lowest BCUT2D eigenvalue weighted by molar-refractivity contribution is -0.131. The van der Waals surface area contributed by atoms with Gasteiger partial charge in [-0.05, 0) is 25.2 Å². The van der Waals surface area contributed by atoms with E-state index in [-0.39, 0.29) is 12.5 Å². The molecule has 1 fully saturated rings. The minimum atomic E-state index is 0.0777. The number of carbonyl (C=O) groups excluding carboxylic acids is 1. The number of nitrogens with zero attached hydrogens (tertiary/aromatic N) is 1. The fourth-order valence-electron chi connectivity index (χ4n) is 2.93. The van der Waals surface area contributed by atoms with Gasteiger partial charge in [0.25, 0.3) is 0 Å². The molecule has 0 aromatic carbocycles. The second-order valence-electron chi connectivity index (χ2n) is 5.50. The van der Waals surface area contributed by atoms with Crippen molar-refractivity contribution in [2.24, 2.45) is 5.92 Å². The molecule has 1 saturated carbocycles.